The zero-order chi connectivity index (χ0) is 17.9. The van der Waals surface area contributed by atoms with Gasteiger partial charge in [-0.15, -0.1) is 0 Å². The average molecular weight is 371 g/mol. The maximum atomic E-state index is 12.5. The average Bonchev–Trinajstić information content (AvgIpc) is 2.51. The van der Waals surface area contributed by atoms with Gasteiger partial charge < -0.3 is 4.74 Å². The molecule has 0 bridgehead atoms. The quantitative estimate of drug-likeness (QED) is 0.616. The third-order valence-corrected chi connectivity index (χ3v) is 4.97. The number of nitro groups is 1. The summed E-state index contributed by atoms with van der Waals surface area (Å²) in [7, 11) is -4.07. The number of anilines is 1. The molecule has 0 radical (unpaired) electrons. The van der Waals surface area contributed by atoms with E-state index in [1.54, 1.807) is 25.1 Å². The zero-order valence-electron chi connectivity index (χ0n) is 12.9. The Balaban J connectivity index is 2.47. The van der Waals surface area contributed by atoms with Crippen LogP contribution < -0.4 is 9.46 Å². The summed E-state index contributed by atoms with van der Waals surface area (Å²) in [5.41, 5.74) is 0.0787. The highest BCUT2D eigenvalue weighted by Gasteiger charge is 2.23. The van der Waals surface area contributed by atoms with Gasteiger partial charge in [0.05, 0.1) is 27.1 Å². The Bertz CT molecular complexity index is 883. The van der Waals surface area contributed by atoms with Gasteiger partial charge in [0.1, 0.15) is 5.75 Å². The number of hydrogen-bond donors (Lipinski definition) is 1. The van der Waals surface area contributed by atoms with E-state index in [1.807, 2.05) is 0 Å². The van der Waals surface area contributed by atoms with E-state index < -0.39 is 14.9 Å². The van der Waals surface area contributed by atoms with Crippen LogP contribution in [0.4, 0.5) is 11.4 Å². The molecular weight excluding hydrogens is 356 g/mol. The summed E-state index contributed by atoms with van der Waals surface area (Å²) in [6.07, 6.45) is 0. The molecule has 2 aromatic carbocycles. The molecule has 0 spiro atoms. The molecule has 0 aliphatic carbocycles. The normalized spacial score (nSPS) is 11.1. The highest BCUT2D eigenvalue weighted by molar-refractivity contribution is 7.92. The van der Waals surface area contributed by atoms with Gasteiger partial charge in [-0.3, -0.25) is 14.8 Å². The van der Waals surface area contributed by atoms with Crippen molar-refractivity contribution in [3.63, 3.8) is 0 Å². The fraction of sp³-hybridized carbons (Fsp3) is 0.200. The Labute approximate surface area is 144 Å². The Morgan fingerprint density at radius 2 is 1.96 bits per heavy atom. The number of para-hydroxylation sites is 2. The number of nitrogens with one attached hydrogen (secondary N) is 1. The summed E-state index contributed by atoms with van der Waals surface area (Å²) < 4.78 is 32.8. The molecule has 0 amide bonds. The molecule has 0 aliphatic heterocycles. The molecule has 0 heterocycles. The van der Waals surface area contributed by atoms with Crippen molar-refractivity contribution in [1.29, 1.82) is 0 Å². The molecule has 2 aromatic rings. The van der Waals surface area contributed by atoms with Crippen molar-refractivity contribution in [2.24, 2.45) is 0 Å². The molecule has 0 atom stereocenters. The molecule has 7 nitrogen and oxygen atoms in total. The second kappa shape index (κ2) is 7.06. The first-order valence-electron chi connectivity index (χ1n) is 6.95. The SMILES string of the molecule is CCOc1ccccc1NS(=O)(=O)c1cc(Cl)c(C)c([N+](=O)[O-])c1. The van der Waals surface area contributed by atoms with Gasteiger partial charge in [0.15, 0.2) is 0 Å². The summed E-state index contributed by atoms with van der Waals surface area (Å²) in [6.45, 7) is 3.59. The highest BCUT2D eigenvalue weighted by atomic mass is 35.5. The van der Waals surface area contributed by atoms with Crippen LogP contribution in [0.1, 0.15) is 12.5 Å². The van der Waals surface area contributed by atoms with E-state index in [4.69, 9.17) is 16.3 Å². The molecular formula is C15H15ClN2O5S. The second-order valence-corrected chi connectivity index (χ2v) is 6.93. The van der Waals surface area contributed by atoms with Crippen molar-refractivity contribution in [2.45, 2.75) is 18.7 Å². The third-order valence-electron chi connectivity index (χ3n) is 3.23. The number of halogens is 1. The molecule has 24 heavy (non-hydrogen) atoms. The molecule has 9 heteroatoms. The van der Waals surface area contributed by atoms with Crippen LogP contribution in [-0.2, 0) is 10.0 Å². The Kier molecular flexibility index (Phi) is 5.30. The van der Waals surface area contributed by atoms with Crippen molar-refractivity contribution in [3.8, 4) is 5.75 Å². The molecule has 0 fully saturated rings. The zero-order valence-corrected chi connectivity index (χ0v) is 14.5. The van der Waals surface area contributed by atoms with Gasteiger partial charge in [-0.05, 0) is 32.0 Å². The van der Waals surface area contributed by atoms with E-state index in [1.165, 1.54) is 19.1 Å². The molecule has 128 valence electrons. The van der Waals surface area contributed by atoms with E-state index in [9.17, 15) is 18.5 Å². The van der Waals surface area contributed by atoms with Crippen molar-refractivity contribution < 1.29 is 18.1 Å². The van der Waals surface area contributed by atoms with E-state index in [2.05, 4.69) is 4.72 Å². The standard InChI is InChI=1S/C15H15ClN2O5S/c1-3-23-15-7-5-4-6-13(15)17-24(21,22)11-8-12(16)10(2)14(9-11)18(19)20/h4-9,17H,3H2,1-2H3. The van der Waals surface area contributed by atoms with Crippen molar-refractivity contribution >= 4 is 33.0 Å². The van der Waals surface area contributed by atoms with Crippen molar-refractivity contribution in [2.75, 3.05) is 11.3 Å². The lowest BCUT2D eigenvalue weighted by molar-refractivity contribution is -0.385. The van der Waals surface area contributed by atoms with Crippen LogP contribution in [0.5, 0.6) is 5.75 Å². The van der Waals surface area contributed by atoms with E-state index in [-0.39, 0.29) is 26.9 Å². The minimum Gasteiger partial charge on any atom is -0.492 e. The first kappa shape index (κ1) is 18.0. The number of hydrogen-bond acceptors (Lipinski definition) is 5. The van der Waals surface area contributed by atoms with Gasteiger partial charge in [0.2, 0.25) is 0 Å². The Morgan fingerprint density at radius 3 is 2.58 bits per heavy atom. The van der Waals surface area contributed by atoms with Crippen LogP contribution in [0.2, 0.25) is 5.02 Å². The van der Waals surface area contributed by atoms with Crippen LogP contribution in [0.15, 0.2) is 41.3 Å². The number of rotatable bonds is 6. The van der Waals surface area contributed by atoms with Crippen LogP contribution in [0.25, 0.3) is 0 Å². The largest absolute Gasteiger partial charge is 0.492 e. The van der Waals surface area contributed by atoms with Gasteiger partial charge in [0.25, 0.3) is 15.7 Å². The lowest BCUT2D eigenvalue weighted by Gasteiger charge is -2.13. The summed E-state index contributed by atoms with van der Waals surface area (Å²) in [4.78, 5) is 10.1. The Morgan fingerprint density at radius 1 is 1.29 bits per heavy atom. The third kappa shape index (κ3) is 3.77. The lowest BCUT2D eigenvalue weighted by Crippen LogP contribution is -2.14. The lowest BCUT2D eigenvalue weighted by atomic mass is 10.2. The maximum absolute atomic E-state index is 12.5. The predicted octanol–water partition coefficient (Wildman–Crippen LogP) is 3.76. The highest BCUT2D eigenvalue weighted by Crippen LogP contribution is 2.32. The number of nitro benzene ring substituents is 1. The number of benzene rings is 2. The monoisotopic (exact) mass is 370 g/mol. The number of nitrogens with zero attached hydrogens (tertiary/aromatic N) is 1. The van der Waals surface area contributed by atoms with E-state index in [0.29, 0.717) is 12.4 Å². The van der Waals surface area contributed by atoms with Gasteiger partial charge in [-0.2, -0.15) is 0 Å². The summed E-state index contributed by atoms with van der Waals surface area (Å²) in [5.74, 6) is 0.358. The fourth-order valence-corrected chi connectivity index (χ4v) is 3.42. The number of ether oxygens (including phenoxy) is 1. The Hall–Kier alpha value is -2.32. The first-order chi connectivity index (χ1) is 11.3. The fourth-order valence-electron chi connectivity index (χ4n) is 2.02. The molecule has 0 aromatic heterocycles. The van der Waals surface area contributed by atoms with Crippen LogP contribution in [0.3, 0.4) is 0 Å². The van der Waals surface area contributed by atoms with Crippen LogP contribution in [-0.4, -0.2) is 19.9 Å². The minimum atomic E-state index is -4.07. The number of sulfonamides is 1. The summed E-state index contributed by atoms with van der Waals surface area (Å²) in [5, 5.41) is 11.1. The van der Waals surface area contributed by atoms with E-state index in [0.717, 1.165) is 6.07 Å². The van der Waals surface area contributed by atoms with Crippen LogP contribution in [0, 0.1) is 17.0 Å². The predicted molar refractivity (Wildman–Crippen MR) is 91.3 cm³/mol. The second-order valence-electron chi connectivity index (χ2n) is 4.84. The molecule has 0 saturated heterocycles. The topological polar surface area (TPSA) is 98.5 Å². The van der Waals surface area contributed by atoms with Gasteiger partial charge in [-0.25, -0.2) is 8.42 Å². The van der Waals surface area contributed by atoms with Crippen LogP contribution >= 0.6 is 11.6 Å². The van der Waals surface area contributed by atoms with Gasteiger partial charge in [-0.1, -0.05) is 23.7 Å². The first-order valence-corrected chi connectivity index (χ1v) is 8.81. The molecule has 1 N–H and O–H groups in total. The molecule has 0 aliphatic rings. The maximum Gasteiger partial charge on any atom is 0.275 e. The van der Waals surface area contributed by atoms with E-state index >= 15 is 0 Å². The van der Waals surface area contributed by atoms with Gasteiger partial charge >= 0.3 is 0 Å². The smallest absolute Gasteiger partial charge is 0.275 e. The summed E-state index contributed by atoms with van der Waals surface area (Å²) >= 11 is 5.93. The minimum absolute atomic E-state index is 0.00247. The van der Waals surface area contributed by atoms with Crippen molar-refractivity contribution in [3.05, 3.63) is 57.1 Å². The molecule has 0 unspecified atom stereocenters. The molecule has 2 rings (SSSR count). The summed E-state index contributed by atoms with van der Waals surface area (Å²) in [6, 6.07) is 8.66. The van der Waals surface area contributed by atoms with Gasteiger partial charge in [0, 0.05) is 11.6 Å². The van der Waals surface area contributed by atoms with Crippen molar-refractivity contribution in [1.82, 2.24) is 0 Å². The molecule has 0 saturated carbocycles.